The number of halogens is 1. The van der Waals surface area contributed by atoms with E-state index in [1.807, 2.05) is 24.3 Å². The third-order valence-corrected chi connectivity index (χ3v) is 3.63. The Labute approximate surface area is 106 Å². The van der Waals surface area contributed by atoms with Gasteiger partial charge in [0.15, 0.2) is 0 Å². The molecule has 1 atom stereocenters. The van der Waals surface area contributed by atoms with Crippen LogP contribution in [0.4, 0.5) is 0 Å². The van der Waals surface area contributed by atoms with Gasteiger partial charge >= 0.3 is 0 Å². The van der Waals surface area contributed by atoms with Crippen LogP contribution in [0.2, 0.25) is 0 Å². The van der Waals surface area contributed by atoms with E-state index in [0.717, 1.165) is 23.2 Å². The number of piperidine rings is 1. The molecule has 3 heteroatoms. The summed E-state index contributed by atoms with van der Waals surface area (Å²) in [5, 5.41) is 3.53. The second-order valence-corrected chi connectivity index (χ2v) is 5.07. The molecule has 1 N–H and O–H groups in total. The first kappa shape index (κ1) is 11.9. The standard InChI is InChI=1S/C13H18BrNO/c14-12-6-1-2-7-13(12)16-10-8-11-5-3-4-9-15-11/h1-2,6-7,11,15H,3-5,8-10H2. The van der Waals surface area contributed by atoms with Gasteiger partial charge in [0.2, 0.25) is 0 Å². The minimum atomic E-state index is 0.649. The molecule has 2 nitrogen and oxygen atoms in total. The van der Waals surface area contributed by atoms with Crippen molar-refractivity contribution in [3.05, 3.63) is 28.7 Å². The Balaban J connectivity index is 1.73. The summed E-state index contributed by atoms with van der Waals surface area (Å²) in [5.41, 5.74) is 0. The van der Waals surface area contributed by atoms with Gasteiger partial charge in [0.05, 0.1) is 11.1 Å². The monoisotopic (exact) mass is 283 g/mol. The predicted octanol–water partition coefficient (Wildman–Crippen LogP) is 3.36. The highest BCUT2D eigenvalue weighted by molar-refractivity contribution is 9.10. The van der Waals surface area contributed by atoms with E-state index < -0.39 is 0 Å². The van der Waals surface area contributed by atoms with E-state index in [1.165, 1.54) is 25.8 Å². The van der Waals surface area contributed by atoms with Gasteiger partial charge in [-0.05, 0) is 53.9 Å². The fourth-order valence-electron chi connectivity index (χ4n) is 2.04. The van der Waals surface area contributed by atoms with Crippen molar-refractivity contribution in [2.45, 2.75) is 31.7 Å². The number of hydrogen-bond acceptors (Lipinski definition) is 2. The van der Waals surface area contributed by atoms with Crippen LogP contribution in [-0.2, 0) is 0 Å². The van der Waals surface area contributed by atoms with Gasteiger partial charge in [0.25, 0.3) is 0 Å². The summed E-state index contributed by atoms with van der Waals surface area (Å²) in [4.78, 5) is 0. The molecule has 2 rings (SSSR count). The van der Waals surface area contributed by atoms with Crippen LogP contribution in [0, 0.1) is 0 Å². The lowest BCUT2D eigenvalue weighted by Crippen LogP contribution is -2.35. The van der Waals surface area contributed by atoms with Gasteiger partial charge in [0, 0.05) is 6.04 Å². The first-order chi connectivity index (χ1) is 7.86. The average Bonchev–Trinajstić information content (AvgIpc) is 2.33. The van der Waals surface area contributed by atoms with Crippen LogP contribution in [-0.4, -0.2) is 19.2 Å². The molecule has 88 valence electrons. The number of nitrogens with one attached hydrogen (secondary N) is 1. The Hall–Kier alpha value is -0.540. The number of hydrogen-bond donors (Lipinski definition) is 1. The minimum absolute atomic E-state index is 0.649. The van der Waals surface area contributed by atoms with E-state index in [-0.39, 0.29) is 0 Å². The smallest absolute Gasteiger partial charge is 0.133 e. The molecule has 1 unspecified atom stereocenters. The largest absolute Gasteiger partial charge is 0.492 e. The summed E-state index contributed by atoms with van der Waals surface area (Å²) in [5.74, 6) is 0.943. The van der Waals surface area contributed by atoms with Gasteiger partial charge in [-0.2, -0.15) is 0 Å². The average molecular weight is 284 g/mol. The zero-order valence-electron chi connectivity index (χ0n) is 9.42. The summed E-state index contributed by atoms with van der Waals surface area (Å²) in [6.45, 7) is 1.96. The molecule has 1 fully saturated rings. The second-order valence-electron chi connectivity index (χ2n) is 4.21. The van der Waals surface area contributed by atoms with Gasteiger partial charge in [-0.1, -0.05) is 18.6 Å². The Morgan fingerprint density at radius 3 is 2.94 bits per heavy atom. The summed E-state index contributed by atoms with van der Waals surface area (Å²) in [7, 11) is 0. The van der Waals surface area contributed by atoms with Crippen molar-refractivity contribution in [3.63, 3.8) is 0 Å². The molecule has 0 amide bonds. The van der Waals surface area contributed by atoms with Gasteiger partial charge in [-0.25, -0.2) is 0 Å². The van der Waals surface area contributed by atoms with E-state index in [9.17, 15) is 0 Å². The third kappa shape index (κ3) is 3.49. The third-order valence-electron chi connectivity index (χ3n) is 2.97. The zero-order chi connectivity index (χ0) is 11.2. The van der Waals surface area contributed by atoms with E-state index in [4.69, 9.17) is 4.74 Å². The Bertz CT molecular complexity index is 323. The van der Waals surface area contributed by atoms with Crippen LogP contribution >= 0.6 is 15.9 Å². The van der Waals surface area contributed by atoms with Crippen molar-refractivity contribution >= 4 is 15.9 Å². The molecule has 1 aromatic rings. The van der Waals surface area contributed by atoms with E-state index >= 15 is 0 Å². The van der Waals surface area contributed by atoms with Crippen LogP contribution in [0.25, 0.3) is 0 Å². The van der Waals surface area contributed by atoms with Crippen LogP contribution in [0.1, 0.15) is 25.7 Å². The minimum Gasteiger partial charge on any atom is -0.492 e. The first-order valence-electron chi connectivity index (χ1n) is 5.97. The fraction of sp³-hybridized carbons (Fsp3) is 0.538. The maximum Gasteiger partial charge on any atom is 0.133 e. The SMILES string of the molecule is Brc1ccccc1OCCC1CCCCN1. The number of rotatable bonds is 4. The van der Waals surface area contributed by atoms with Crippen molar-refractivity contribution in [2.75, 3.05) is 13.2 Å². The van der Waals surface area contributed by atoms with Gasteiger partial charge in [0.1, 0.15) is 5.75 Å². The molecule has 16 heavy (non-hydrogen) atoms. The number of benzene rings is 1. The van der Waals surface area contributed by atoms with Crippen LogP contribution < -0.4 is 10.1 Å². The lowest BCUT2D eigenvalue weighted by molar-refractivity contribution is 0.267. The van der Waals surface area contributed by atoms with Crippen molar-refractivity contribution in [1.82, 2.24) is 5.32 Å². The topological polar surface area (TPSA) is 21.3 Å². The quantitative estimate of drug-likeness (QED) is 0.915. The van der Waals surface area contributed by atoms with Crippen LogP contribution in [0.3, 0.4) is 0 Å². The van der Waals surface area contributed by atoms with E-state index in [2.05, 4.69) is 21.2 Å². The Morgan fingerprint density at radius 2 is 2.19 bits per heavy atom. The van der Waals surface area contributed by atoms with Gasteiger partial charge in [-0.15, -0.1) is 0 Å². The van der Waals surface area contributed by atoms with Crippen molar-refractivity contribution in [3.8, 4) is 5.75 Å². The van der Waals surface area contributed by atoms with Crippen molar-refractivity contribution in [1.29, 1.82) is 0 Å². The molecule has 1 saturated heterocycles. The number of para-hydroxylation sites is 1. The predicted molar refractivity (Wildman–Crippen MR) is 69.9 cm³/mol. The highest BCUT2D eigenvalue weighted by Crippen LogP contribution is 2.24. The maximum absolute atomic E-state index is 5.75. The molecule has 0 radical (unpaired) electrons. The van der Waals surface area contributed by atoms with Crippen LogP contribution in [0.5, 0.6) is 5.75 Å². The van der Waals surface area contributed by atoms with Crippen LogP contribution in [0.15, 0.2) is 28.7 Å². The maximum atomic E-state index is 5.75. The van der Waals surface area contributed by atoms with Gasteiger partial charge in [-0.3, -0.25) is 0 Å². The molecule has 0 spiro atoms. The molecule has 1 aliphatic heterocycles. The zero-order valence-corrected chi connectivity index (χ0v) is 11.0. The lowest BCUT2D eigenvalue weighted by Gasteiger charge is -2.23. The molecule has 0 bridgehead atoms. The fourth-order valence-corrected chi connectivity index (χ4v) is 2.44. The molecular formula is C13H18BrNO. The lowest BCUT2D eigenvalue weighted by atomic mass is 10.0. The highest BCUT2D eigenvalue weighted by Gasteiger charge is 2.12. The summed E-state index contributed by atoms with van der Waals surface area (Å²) in [6, 6.07) is 8.65. The van der Waals surface area contributed by atoms with Crippen molar-refractivity contribution in [2.24, 2.45) is 0 Å². The summed E-state index contributed by atoms with van der Waals surface area (Å²) < 4.78 is 6.79. The van der Waals surface area contributed by atoms with E-state index in [1.54, 1.807) is 0 Å². The highest BCUT2D eigenvalue weighted by atomic mass is 79.9. The molecule has 1 heterocycles. The molecule has 0 aromatic heterocycles. The Kier molecular flexibility index (Phi) is 4.67. The number of ether oxygens (including phenoxy) is 1. The first-order valence-corrected chi connectivity index (χ1v) is 6.76. The second kappa shape index (κ2) is 6.26. The molecule has 1 aliphatic rings. The summed E-state index contributed by atoms with van der Waals surface area (Å²) in [6.07, 6.45) is 5.06. The molecular weight excluding hydrogens is 266 g/mol. The molecule has 1 aromatic carbocycles. The molecule has 0 aliphatic carbocycles. The summed E-state index contributed by atoms with van der Waals surface area (Å²) >= 11 is 3.48. The molecule has 0 saturated carbocycles. The van der Waals surface area contributed by atoms with Gasteiger partial charge < -0.3 is 10.1 Å². The Morgan fingerprint density at radius 1 is 1.31 bits per heavy atom. The van der Waals surface area contributed by atoms with E-state index in [0.29, 0.717) is 6.04 Å². The van der Waals surface area contributed by atoms with Crippen molar-refractivity contribution < 1.29 is 4.74 Å². The normalized spacial score (nSPS) is 20.7.